The molecule has 0 saturated carbocycles. The standard InChI is InChI=1S/C20H14O3/c21-19(15-6-2-1-3-7-15)18-9-5-4-8-17(18)14-10-12-16(13-11-14)20(22)23/h1-13H,(H,22,23). The number of rotatable bonds is 4. The van der Waals surface area contributed by atoms with Gasteiger partial charge in [0, 0.05) is 11.1 Å². The lowest BCUT2D eigenvalue weighted by Crippen LogP contribution is -2.03. The van der Waals surface area contributed by atoms with E-state index in [9.17, 15) is 9.59 Å². The second-order valence-corrected chi connectivity index (χ2v) is 5.12. The van der Waals surface area contributed by atoms with Crippen LogP contribution < -0.4 is 0 Å². The van der Waals surface area contributed by atoms with Crippen molar-refractivity contribution < 1.29 is 14.7 Å². The van der Waals surface area contributed by atoms with Gasteiger partial charge in [-0.05, 0) is 23.3 Å². The SMILES string of the molecule is O=C(O)c1ccc(-c2ccccc2C(=O)c2ccccc2)cc1. The van der Waals surface area contributed by atoms with Gasteiger partial charge in [-0.25, -0.2) is 4.79 Å². The topological polar surface area (TPSA) is 54.4 Å². The minimum Gasteiger partial charge on any atom is -0.478 e. The van der Waals surface area contributed by atoms with Crippen LogP contribution in [0.15, 0.2) is 78.9 Å². The maximum atomic E-state index is 12.7. The summed E-state index contributed by atoms with van der Waals surface area (Å²) in [5.74, 6) is -1.02. The number of carbonyl (C=O) groups excluding carboxylic acids is 1. The Balaban J connectivity index is 2.04. The van der Waals surface area contributed by atoms with Gasteiger partial charge in [0.25, 0.3) is 0 Å². The molecule has 112 valence electrons. The van der Waals surface area contributed by atoms with E-state index >= 15 is 0 Å². The Morgan fingerprint density at radius 2 is 1.26 bits per heavy atom. The normalized spacial score (nSPS) is 10.3. The molecule has 0 saturated heterocycles. The zero-order valence-corrected chi connectivity index (χ0v) is 12.3. The average Bonchev–Trinajstić information content (AvgIpc) is 2.62. The van der Waals surface area contributed by atoms with Crippen LogP contribution in [0.2, 0.25) is 0 Å². The monoisotopic (exact) mass is 302 g/mol. The fourth-order valence-corrected chi connectivity index (χ4v) is 2.47. The molecule has 3 heteroatoms. The third-order valence-electron chi connectivity index (χ3n) is 3.65. The van der Waals surface area contributed by atoms with Crippen molar-refractivity contribution in [2.24, 2.45) is 0 Å². The molecule has 0 aliphatic rings. The summed E-state index contributed by atoms with van der Waals surface area (Å²) in [6.45, 7) is 0. The Morgan fingerprint density at radius 1 is 0.652 bits per heavy atom. The van der Waals surface area contributed by atoms with Gasteiger partial charge < -0.3 is 5.11 Å². The van der Waals surface area contributed by atoms with E-state index < -0.39 is 5.97 Å². The number of ketones is 1. The summed E-state index contributed by atoms with van der Waals surface area (Å²) in [4.78, 5) is 23.7. The zero-order valence-electron chi connectivity index (χ0n) is 12.3. The Bertz CT molecular complexity index is 850. The van der Waals surface area contributed by atoms with Crippen molar-refractivity contribution in [1.82, 2.24) is 0 Å². The predicted octanol–water partition coefficient (Wildman–Crippen LogP) is 4.28. The third-order valence-corrected chi connectivity index (χ3v) is 3.65. The van der Waals surface area contributed by atoms with Crippen molar-refractivity contribution in [2.75, 3.05) is 0 Å². The first-order valence-corrected chi connectivity index (χ1v) is 7.19. The van der Waals surface area contributed by atoms with Crippen LogP contribution in [-0.2, 0) is 0 Å². The van der Waals surface area contributed by atoms with E-state index in [0.717, 1.165) is 11.1 Å². The van der Waals surface area contributed by atoms with Crippen LogP contribution in [-0.4, -0.2) is 16.9 Å². The quantitative estimate of drug-likeness (QED) is 0.732. The smallest absolute Gasteiger partial charge is 0.335 e. The number of carboxylic acid groups (broad SMARTS) is 1. The fourth-order valence-electron chi connectivity index (χ4n) is 2.47. The minimum atomic E-state index is -0.967. The molecule has 0 radical (unpaired) electrons. The number of hydrogen-bond donors (Lipinski definition) is 1. The van der Waals surface area contributed by atoms with Crippen molar-refractivity contribution in [2.45, 2.75) is 0 Å². The molecular weight excluding hydrogens is 288 g/mol. The zero-order chi connectivity index (χ0) is 16.2. The first-order valence-electron chi connectivity index (χ1n) is 7.19. The Hall–Kier alpha value is -3.20. The minimum absolute atomic E-state index is 0.0523. The first-order chi connectivity index (χ1) is 11.2. The lowest BCUT2D eigenvalue weighted by molar-refractivity contribution is 0.0696. The summed E-state index contributed by atoms with van der Waals surface area (Å²) >= 11 is 0. The van der Waals surface area contributed by atoms with Gasteiger partial charge in [0.15, 0.2) is 5.78 Å². The van der Waals surface area contributed by atoms with Crippen molar-refractivity contribution in [3.05, 3.63) is 95.6 Å². The predicted molar refractivity (Wildman–Crippen MR) is 88.7 cm³/mol. The van der Waals surface area contributed by atoms with Gasteiger partial charge in [-0.3, -0.25) is 4.79 Å². The second-order valence-electron chi connectivity index (χ2n) is 5.12. The molecule has 0 amide bonds. The third kappa shape index (κ3) is 3.04. The van der Waals surface area contributed by atoms with Crippen LogP contribution in [0.5, 0.6) is 0 Å². The maximum absolute atomic E-state index is 12.7. The lowest BCUT2D eigenvalue weighted by Gasteiger charge is -2.09. The molecule has 0 aliphatic carbocycles. The van der Waals surface area contributed by atoms with Crippen molar-refractivity contribution >= 4 is 11.8 Å². The molecule has 3 rings (SSSR count). The van der Waals surface area contributed by atoms with Crippen LogP contribution in [0.3, 0.4) is 0 Å². The molecule has 0 aliphatic heterocycles. The highest BCUT2D eigenvalue weighted by molar-refractivity contribution is 6.12. The summed E-state index contributed by atoms with van der Waals surface area (Å²) < 4.78 is 0. The van der Waals surface area contributed by atoms with Crippen molar-refractivity contribution in [1.29, 1.82) is 0 Å². The van der Waals surface area contributed by atoms with Crippen molar-refractivity contribution in [3.63, 3.8) is 0 Å². The van der Waals surface area contributed by atoms with E-state index in [-0.39, 0.29) is 11.3 Å². The molecule has 0 heterocycles. The van der Waals surface area contributed by atoms with Crippen LogP contribution in [0, 0.1) is 0 Å². The van der Waals surface area contributed by atoms with Crippen LogP contribution in [0.4, 0.5) is 0 Å². The number of carbonyl (C=O) groups is 2. The molecule has 3 aromatic carbocycles. The summed E-state index contributed by atoms with van der Waals surface area (Å²) in [5.41, 5.74) is 3.05. The van der Waals surface area contributed by atoms with Gasteiger partial charge in [-0.15, -0.1) is 0 Å². The van der Waals surface area contributed by atoms with Gasteiger partial charge in [-0.1, -0.05) is 66.7 Å². The molecule has 0 bridgehead atoms. The van der Waals surface area contributed by atoms with Crippen LogP contribution in [0.1, 0.15) is 26.3 Å². The number of aromatic carboxylic acids is 1. The summed E-state index contributed by atoms with van der Waals surface area (Å²) in [7, 11) is 0. The molecule has 0 atom stereocenters. The highest BCUT2D eigenvalue weighted by Crippen LogP contribution is 2.26. The lowest BCUT2D eigenvalue weighted by atomic mass is 9.93. The molecular formula is C20H14O3. The van der Waals surface area contributed by atoms with E-state index in [1.54, 1.807) is 42.5 Å². The van der Waals surface area contributed by atoms with Crippen LogP contribution >= 0.6 is 0 Å². The van der Waals surface area contributed by atoms with Gasteiger partial charge in [-0.2, -0.15) is 0 Å². The molecule has 0 unspecified atom stereocenters. The molecule has 0 fully saturated rings. The molecule has 0 spiro atoms. The van der Waals surface area contributed by atoms with E-state index in [4.69, 9.17) is 5.11 Å². The number of carboxylic acids is 1. The Morgan fingerprint density at radius 3 is 1.91 bits per heavy atom. The molecule has 23 heavy (non-hydrogen) atoms. The van der Waals surface area contributed by atoms with E-state index in [2.05, 4.69) is 0 Å². The maximum Gasteiger partial charge on any atom is 0.335 e. The van der Waals surface area contributed by atoms with Gasteiger partial charge in [0.1, 0.15) is 0 Å². The summed E-state index contributed by atoms with van der Waals surface area (Å²) in [6.07, 6.45) is 0. The molecule has 0 aromatic heterocycles. The Kier molecular flexibility index (Phi) is 4.02. The summed E-state index contributed by atoms with van der Waals surface area (Å²) in [5, 5.41) is 8.98. The summed E-state index contributed by atoms with van der Waals surface area (Å²) in [6, 6.07) is 23.0. The first kappa shape index (κ1) is 14.7. The highest BCUT2D eigenvalue weighted by atomic mass is 16.4. The van der Waals surface area contributed by atoms with E-state index in [1.807, 2.05) is 36.4 Å². The van der Waals surface area contributed by atoms with Crippen LogP contribution in [0.25, 0.3) is 11.1 Å². The molecule has 1 N–H and O–H groups in total. The van der Waals surface area contributed by atoms with E-state index in [1.165, 1.54) is 0 Å². The Labute approximate surface area is 133 Å². The second kappa shape index (κ2) is 6.28. The molecule has 3 nitrogen and oxygen atoms in total. The number of hydrogen-bond acceptors (Lipinski definition) is 2. The van der Waals surface area contributed by atoms with Gasteiger partial charge in [0.05, 0.1) is 5.56 Å². The van der Waals surface area contributed by atoms with Gasteiger partial charge in [0.2, 0.25) is 0 Å². The molecule has 3 aromatic rings. The van der Waals surface area contributed by atoms with E-state index in [0.29, 0.717) is 11.1 Å². The number of benzene rings is 3. The van der Waals surface area contributed by atoms with Gasteiger partial charge >= 0.3 is 5.97 Å². The average molecular weight is 302 g/mol. The largest absolute Gasteiger partial charge is 0.478 e. The fraction of sp³-hybridized carbons (Fsp3) is 0. The highest BCUT2D eigenvalue weighted by Gasteiger charge is 2.14. The van der Waals surface area contributed by atoms with Crippen molar-refractivity contribution in [3.8, 4) is 11.1 Å².